The second-order valence-corrected chi connectivity index (χ2v) is 5.83. The van der Waals surface area contributed by atoms with Crippen LogP contribution in [0.15, 0.2) is 34.2 Å². The van der Waals surface area contributed by atoms with Gasteiger partial charge in [0.1, 0.15) is 0 Å². The predicted molar refractivity (Wildman–Crippen MR) is 72.3 cm³/mol. The highest BCUT2D eigenvalue weighted by atomic mass is 79.9. The van der Waals surface area contributed by atoms with E-state index >= 15 is 0 Å². The molecule has 1 heterocycles. The average molecular weight is 314 g/mol. The number of halogens is 1. The van der Waals surface area contributed by atoms with Crippen LogP contribution in [0.25, 0.3) is 0 Å². The molecule has 1 aromatic carbocycles. The van der Waals surface area contributed by atoms with Crippen LogP contribution in [-0.2, 0) is 6.42 Å². The van der Waals surface area contributed by atoms with Crippen molar-refractivity contribution in [2.45, 2.75) is 12.5 Å². The quantitative estimate of drug-likeness (QED) is 0.889. The van der Waals surface area contributed by atoms with E-state index in [4.69, 9.17) is 0 Å². The molecule has 0 aliphatic rings. The van der Waals surface area contributed by atoms with E-state index in [1.54, 1.807) is 0 Å². The van der Waals surface area contributed by atoms with Gasteiger partial charge in [0.15, 0.2) is 3.92 Å². The molecule has 0 radical (unpaired) electrons. The molecular formula is C11H12BrN3OS. The number of nitrogens with zero attached hydrogens (tertiary/aromatic N) is 2. The molecule has 4 nitrogen and oxygen atoms in total. The number of rotatable bonds is 5. The van der Waals surface area contributed by atoms with Crippen molar-refractivity contribution in [1.29, 1.82) is 0 Å². The van der Waals surface area contributed by atoms with Crippen molar-refractivity contribution in [3.63, 3.8) is 0 Å². The van der Waals surface area contributed by atoms with Gasteiger partial charge in [0.25, 0.3) is 0 Å². The van der Waals surface area contributed by atoms with Crippen LogP contribution in [0.3, 0.4) is 0 Å². The van der Waals surface area contributed by atoms with E-state index in [1.165, 1.54) is 16.9 Å². The van der Waals surface area contributed by atoms with Gasteiger partial charge in [0.2, 0.25) is 5.13 Å². The molecule has 0 aliphatic carbocycles. The number of hydrogen-bond donors (Lipinski definition) is 2. The molecule has 0 bridgehead atoms. The smallest absolute Gasteiger partial charge is 0.206 e. The largest absolute Gasteiger partial charge is 0.394 e. The van der Waals surface area contributed by atoms with Crippen molar-refractivity contribution in [2.75, 3.05) is 11.9 Å². The zero-order valence-corrected chi connectivity index (χ0v) is 11.4. The highest BCUT2D eigenvalue weighted by Crippen LogP contribution is 2.21. The Morgan fingerprint density at radius 2 is 2.06 bits per heavy atom. The molecule has 90 valence electrons. The predicted octanol–water partition coefficient (Wildman–Crippen LogP) is 2.32. The van der Waals surface area contributed by atoms with Crippen molar-refractivity contribution in [2.24, 2.45) is 0 Å². The second-order valence-electron chi connectivity index (χ2n) is 3.57. The standard InChI is InChI=1S/C11H12BrN3OS/c12-10-14-15-11(17-10)13-9(7-16)6-8-4-2-1-3-5-8/h1-5,9,16H,6-7H2,(H,13,15). The molecule has 0 spiro atoms. The van der Waals surface area contributed by atoms with E-state index in [1.807, 2.05) is 30.3 Å². The van der Waals surface area contributed by atoms with E-state index in [0.717, 1.165) is 10.3 Å². The lowest BCUT2D eigenvalue weighted by Gasteiger charge is -2.14. The molecule has 2 aromatic rings. The molecule has 1 atom stereocenters. The minimum atomic E-state index is -0.0442. The molecule has 1 aromatic heterocycles. The van der Waals surface area contributed by atoms with Crippen LogP contribution in [0.1, 0.15) is 5.56 Å². The topological polar surface area (TPSA) is 58.0 Å². The summed E-state index contributed by atoms with van der Waals surface area (Å²) in [6, 6.07) is 10.0. The summed E-state index contributed by atoms with van der Waals surface area (Å²) in [5, 5.41) is 21.0. The number of aliphatic hydroxyl groups is 1. The Morgan fingerprint density at radius 3 is 2.65 bits per heavy atom. The number of hydrogen-bond acceptors (Lipinski definition) is 5. The maximum Gasteiger partial charge on any atom is 0.206 e. The minimum absolute atomic E-state index is 0.0442. The van der Waals surface area contributed by atoms with Crippen molar-refractivity contribution in [3.8, 4) is 0 Å². The summed E-state index contributed by atoms with van der Waals surface area (Å²) in [5.74, 6) is 0. The Bertz CT molecular complexity index is 463. The molecule has 0 amide bonds. The summed E-state index contributed by atoms with van der Waals surface area (Å²) in [7, 11) is 0. The van der Waals surface area contributed by atoms with Crippen molar-refractivity contribution >= 4 is 32.4 Å². The lowest BCUT2D eigenvalue weighted by atomic mass is 10.1. The van der Waals surface area contributed by atoms with Crippen LogP contribution in [0.5, 0.6) is 0 Å². The first-order chi connectivity index (χ1) is 8.28. The zero-order chi connectivity index (χ0) is 12.1. The number of aliphatic hydroxyl groups excluding tert-OH is 1. The minimum Gasteiger partial charge on any atom is -0.394 e. The molecular weight excluding hydrogens is 302 g/mol. The van der Waals surface area contributed by atoms with Crippen LogP contribution in [0.2, 0.25) is 0 Å². The highest BCUT2D eigenvalue weighted by Gasteiger charge is 2.10. The second kappa shape index (κ2) is 6.09. The lowest BCUT2D eigenvalue weighted by Crippen LogP contribution is -2.26. The van der Waals surface area contributed by atoms with Crippen LogP contribution in [0, 0.1) is 0 Å². The summed E-state index contributed by atoms with van der Waals surface area (Å²) in [6.07, 6.45) is 0.758. The molecule has 2 N–H and O–H groups in total. The van der Waals surface area contributed by atoms with Crippen LogP contribution >= 0.6 is 27.3 Å². The van der Waals surface area contributed by atoms with Crippen molar-refractivity contribution < 1.29 is 5.11 Å². The Morgan fingerprint density at radius 1 is 1.29 bits per heavy atom. The molecule has 0 saturated heterocycles. The Balaban J connectivity index is 1.98. The van der Waals surface area contributed by atoms with Gasteiger partial charge in [0, 0.05) is 0 Å². The molecule has 0 saturated carbocycles. The first kappa shape index (κ1) is 12.5. The summed E-state index contributed by atoms with van der Waals surface area (Å²) < 4.78 is 0.733. The van der Waals surface area contributed by atoms with Crippen molar-refractivity contribution in [1.82, 2.24) is 10.2 Å². The van der Waals surface area contributed by atoms with Gasteiger partial charge in [0.05, 0.1) is 12.6 Å². The van der Waals surface area contributed by atoms with Gasteiger partial charge in [-0.3, -0.25) is 0 Å². The first-order valence-electron chi connectivity index (χ1n) is 5.18. The number of aromatic nitrogens is 2. The molecule has 0 aliphatic heterocycles. The molecule has 17 heavy (non-hydrogen) atoms. The Kier molecular flexibility index (Phi) is 4.47. The fourth-order valence-corrected chi connectivity index (χ4v) is 2.59. The van der Waals surface area contributed by atoms with Gasteiger partial charge in [-0.05, 0) is 27.9 Å². The maximum absolute atomic E-state index is 9.34. The average Bonchev–Trinajstić information content (AvgIpc) is 2.75. The van der Waals surface area contributed by atoms with Gasteiger partial charge in [-0.2, -0.15) is 0 Å². The number of nitrogens with one attached hydrogen (secondary N) is 1. The highest BCUT2D eigenvalue weighted by molar-refractivity contribution is 9.11. The molecule has 2 rings (SSSR count). The van der Waals surface area contributed by atoms with Gasteiger partial charge < -0.3 is 10.4 Å². The number of benzene rings is 1. The third-order valence-electron chi connectivity index (χ3n) is 2.27. The monoisotopic (exact) mass is 313 g/mol. The van der Waals surface area contributed by atoms with Crippen LogP contribution in [-0.4, -0.2) is 28.0 Å². The van der Waals surface area contributed by atoms with Gasteiger partial charge in [-0.1, -0.05) is 41.7 Å². The van der Waals surface area contributed by atoms with Crippen molar-refractivity contribution in [3.05, 3.63) is 39.8 Å². The Hall–Kier alpha value is -0.980. The first-order valence-corrected chi connectivity index (χ1v) is 6.79. The molecule has 0 fully saturated rings. The van der Waals surface area contributed by atoms with E-state index in [2.05, 4.69) is 31.4 Å². The number of anilines is 1. The van der Waals surface area contributed by atoms with Gasteiger partial charge in [-0.25, -0.2) is 0 Å². The fraction of sp³-hybridized carbons (Fsp3) is 0.273. The zero-order valence-electron chi connectivity index (χ0n) is 9.01. The summed E-state index contributed by atoms with van der Waals surface area (Å²) >= 11 is 4.67. The SMILES string of the molecule is OCC(Cc1ccccc1)Nc1nnc(Br)s1. The van der Waals surface area contributed by atoms with Crippen LogP contribution in [0.4, 0.5) is 5.13 Å². The van der Waals surface area contributed by atoms with E-state index in [9.17, 15) is 5.11 Å². The molecule has 1 unspecified atom stereocenters. The Labute approximate surface area is 112 Å². The maximum atomic E-state index is 9.34. The summed E-state index contributed by atoms with van der Waals surface area (Å²) in [4.78, 5) is 0. The van der Waals surface area contributed by atoms with Crippen LogP contribution < -0.4 is 5.32 Å². The van der Waals surface area contributed by atoms with Gasteiger partial charge >= 0.3 is 0 Å². The fourth-order valence-electron chi connectivity index (χ4n) is 1.50. The van der Waals surface area contributed by atoms with Gasteiger partial charge in [-0.15, -0.1) is 10.2 Å². The van der Waals surface area contributed by atoms with E-state index in [0.29, 0.717) is 5.13 Å². The molecule has 6 heteroatoms. The normalized spacial score (nSPS) is 12.4. The third kappa shape index (κ3) is 3.76. The summed E-state index contributed by atoms with van der Waals surface area (Å²) in [6.45, 7) is 0.0616. The van der Waals surface area contributed by atoms with E-state index in [-0.39, 0.29) is 12.6 Å². The third-order valence-corrected chi connectivity index (χ3v) is 3.56. The van der Waals surface area contributed by atoms with E-state index < -0.39 is 0 Å². The summed E-state index contributed by atoms with van der Waals surface area (Å²) in [5.41, 5.74) is 1.18. The lowest BCUT2D eigenvalue weighted by molar-refractivity contribution is 0.273.